The highest BCUT2D eigenvalue weighted by molar-refractivity contribution is 6.36. The van der Waals surface area contributed by atoms with Gasteiger partial charge in [0.2, 0.25) is 0 Å². The van der Waals surface area contributed by atoms with Crippen LogP contribution >= 0.6 is 11.6 Å². The molecule has 1 atom stereocenters. The van der Waals surface area contributed by atoms with E-state index >= 15 is 0 Å². The van der Waals surface area contributed by atoms with Crippen molar-refractivity contribution in [3.63, 3.8) is 0 Å². The fourth-order valence-corrected chi connectivity index (χ4v) is 3.02. The SMILES string of the molecule is CCCn1nc(C(=O)OCC)c(Cl)c1-c1ccc(N[C@H](C)C(F)(F)F)cc1OC. The number of aryl methyl sites for hydroxylation is 1. The molecule has 1 aromatic carbocycles. The van der Waals surface area contributed by atoms with Crippen LogP contribution in [0.25, 0.3) is 11.3 Å². The van der Waals surface area contributed by atoms with E-state index < -0.39 is 18.2 Å². The van der Waals surface area contributed by atoms with Gasteiger partial charge in [-0.3, -0.25) is 4.68 Å². The number of nitrogens with one attached hydrogen (secondary N) is 1. The Morgan fingerprint density at radius 3 is 2.59 bits per heavy atom. The van der Waals surface area contributed by atoms with Gasteiger partial charge in [-0.05, 0) is 32.4 Å². The van der Waals surface area contributed by atoms with E-state index in [0.29, 0.717) is 23.6 Å². The van der Waals surface area contributed by atoms with E-state index in [-0.39, 0.29) is 23.0 Å². The maximum absolute atomic E-state index is 12.8. The highest BCUT2D eigenvalue weighted by Crippen LogP contribution is 2.39. The summed E-state index contributed by atoms with van der Waals surface area (Å²) in [5.41, 5.74) is 1.15. The van der Waals surface area contributed by atoms with Crippen LogP contribution < -0.4 is 10.1 Å². The Hall–Kier alpha value is -2.42. The summed E-state index contributed by atoms with van der Waals surface area (Å²) in [6.45, 7) is 5.28. The minimum absolute atomic E-state index is 0.0214. The molecule has 0 bridgehead atoms. The van der Waals surface area contributed by atoms with Gasteiger partial charge in [-0.2, -0.15) is 18.3 Å². The molecule has 0 aliphatic rings. The van der Waals surface area contributed by atoms with Gasteiger partial charge in [0, 0.05) is 23.9 Å². The number of anilines is 1. The number of carbonyl (C=O) groups excluding carboxylic acids is 1. The molecule has 0 aliphatic carbocycles. The van der Waals surface area contributed by atoms with E-state index in [1.54, 1.807) is 17.7 Å². The molecule has 10 heteroatoms. The van der Waals surface area contributed by atoms with Gasteiger partial charge < -0.3 is 14.8 Å². The third kappa shape index (κ3) is 5.14. The molecule has 0 unspecified atom stereocenters. The summed E-state index contributed by atoms with van der Waals surface area (Å²) in [6, 6.07) is 2.78. The van der Waals surface area contributed by atoms with Crippen molar-refractivity contribution >= 4 is 23.3 Å². The second kappa shape index (κ2) is 9.39. The minimum atomic E-state index is -4.39. The Labute approximate surface area is 171 Å². The van der Waals surface area contributed by atoms with Crippen molar-refractivity contribution in [2.45, 2.75) is 46.0 Å². The zero-order valence-electron chi connectivity index (χ0n) is 16.6. The molecule has 1 heterocycles. The van der Waals surface area contributed by atoms with Crippen molar-refractivity contribution in [3.05, 3.63) is 28.9 Å². The first-order valence-electron chi connectivity index (χ1n) is 9.09. The number of benzene rings is 1. The number of hydrogen-bond donors (Lipinski definition) is 1. The van der Waals surface area contributed by atoms with E-state index in [0.717, 1.165) is 13.3 Å². The first-order valence-corrected chi connectivity index (χ1v) is 9.46. The molecule has 2 aromatic rings. The van der Waals surface area contributed by atoms with Crippen LogP contribution in [0.15, 0.2) is 18.2 Å². The summed E-state index contributed by atoms with van der Waals surface area (Å²) < 4.78 is 50.4. The average molecular weight is 434 g/mol. The van der Waals surface area contributed by atoms with Crippen LogP contribution in [0.2, 0.25) is 5.02 Å². The third-order valence-corrected chi connectivity index (χ3v) is 4.49. The minimum Gasteiger partial charge on any atom is -0.496 e. The largest absolute Gasteiger partial charge is 0.496 e. The second-order valence-electron chi connectivity index (χ2n) is 6.28. The van der Waals surface area contributed by atoms with Crippen LogP contribution in [0.3, 0.4) is 0 Å². The Morgan fingerprint density at radius 2 is 2.03 bits per heavy atom. The van der Waals surface area contributed by atoms with Crippen LogP contribution in [0.1, 0.15) is 37.7 Å². The van der Waals surface area contributed by atoms with E-state index in [1.165, 1.54) is 19.2 Å². The molecule has 1 N–H and O–H groups in total. The standard InChI is InChI=1S/C19H23ClF3N3O3/c1-5-9-26-17(15(20)16(25-26)18(27)29-6-2)13-8-7-12(10-14(13)28-4)24-11(3)19(21,22)23/h7-8,10-11,24H,5-6,9H2,1-4H3/t11-/m1/s1. The average Bonchev–Trinajstić information content (AvgIpc) is 2.97. The lowest BCUT2D eigenvalue weighted by atomic mass is 10.1. The second-order valence-corrected chi connectivity index (χ2v) is 6.66. The maximum Gasteiger partial charge on any atom is 0.408 e. The van der Waals surface area contributed by atoms with Crippen molar-refractivity contribution in [2.24, 2.45) is 0 Å². The van der Waals surface area contributed by atoms with Gasteiger partial charge in [0.1, 0.15) is 16.8 Å². The fourth-order valence-electron chi connectivity index (χ4n) is 2.71. The van der Waals surface area contributed by atoms with E-state index in [1.807, 2.05) is 6.92 Å². The molecular formula is C19H23ClF3N3O3. The molecule has 160 valence electrons. The molecule has 6 nitrogen and oxygen atoms in total. The smallest absolute Gasteiger partial charge is 0.408 e. The van der Waals surface area contributed by atoms with Crippen molar-refractivity contribution in [2.75, 3.05) is 19.0 Å². The summed E-state index contributed by atoms with van der Waals surface area (Å²) in [5.74, 6) is -0.358. The predicted molar refractivity (Wildman–Crippen MR) is 105 cm³/mol. The molecule has 29 heavy (non-hydrogen) atoms. The lowest BCUT2D eigenvalue weighted by Crippen LogP contribution is -2.33. The van der Waals surface area contributed by atoms with Gasteiger partial charge in [-0.1, -0.05) is 18.5 Å². The summed E-state index contributed by atoms with van der Waals surface area (Å²) in [5, 5.41) is 6.76. The van der Waals surface area contributed by atoms with E-state index in [9.17, 15) is 18.0 Å². The first kappa shape index (κ1) is 22.9. The van der Waals surface area contributed by atoms with Crippen molar-refractivity contribution in [3.8, 4) is 17.0 Å². The molecule has 0 spiro atoms. The Kier molecular flexibility index (Phi) is 7.40. The van der Waals surface area contributed by atoms with E-state index in [4.69, 9.17) is 21.1 Å². The van der Waals surface area contributed by atoms with Gasteiger partial charge in [-0.15, -0.1) is 0 Å². The van der Waals surface area contributed by atoms with Gasteiger partial charge in [-0.25, -0.2) is 4.79 Å². The lowest BCUT2D eigenvalue weighted by molar-refractivity contribution is -0.138. The monoisotopic (exact) mass is 433 g/mol. The van der Waals surface area contributed by atoms with Crippen molar-refractivity contribution < 1.29 is 27.4 Å². The van der Waals surface area contributed by atoms with Crippen LogP contribution in [-0.4, -0.2) is 41.7 Å². The predicted octanol–water partition coefficient (Wildman–Crippen LogP) is 5.16. The summed E-state index contributed by atoms with van der Waals surface area (Å²) in [4.78, 5) is 12.2. The molecule has 2 rings (SSSR count). The topological polar surface area (TPSA) is 65.4 Å². The van der Waals surface area contributed by atoms with Gasteiger partial charge in [0.05, 0.1) is 19.4 Å². The molecule has 0 radical (unpaired) electrons. The highest BCUT2D eigenvalue weighted by Gasteiger charge is 2.36. The number of ether oxygens (including phenoxy) is 2. The maximum atomic E-state index is 12.8. The molecule has 0 fully saturated rings. The zero-order valence-corrected chi connectivity index (χ0v) is 17.3. The Morgan fingerprint density at radius 1 is 1.34 bits per heavy atom. The van der Waals surface area contributed by atoms with Crippen LogP contribution in [0.5, 0.6) is 5.75 Å². The summed E-state index contributed by atoms with van der Waals surface area (Å²) in [7, 11) is 1.40. The molecular weight excluding hydrogens is 411 g/mol. The first-order chi connectivity index (χ1) is 13.6. The van der Waals surface area contributed by atoms with Crippen LogP contribution in [-0.2, 0) is 11.3 Å². The number of nitrogens with zero attached hydrogens (tertiary/aromatic N) is 2. The van der Waals surface area contributed by atoms with Crippen molar-refractivity contribution in [1.29, 1.82) is 0 Å². The molecule has 1 aromatic heterocycles. The number of carbonyl (C=O) groups is 1. The van der Waals surface area contributed by atoms with Gasteiger partial charge in [0.15, 0.2) is 5.69 Å². The summed E-state index contributed by atoms with van der Waals surface area (Å²) >= 11 is 6.44. The number of aromatic nitrogens is 2. The molecule has 0 saturated heterocycles. The number of esters is 1. The number of methoxy groups -OCH3 is 1. The normalized spacial score (nSPS) is 12.6. The van der Waals surface area contributed by atoms with Crippen molar-refractivity contribution in [1.82, 2.24) is 9.78 Å². The van der Waals surface area contributed by atoms with Gasteiger partial charge in [0.25, 0.3) is 0 Å². The Balaban J connectivity index is 2.51. The fraction of sp³-hybridized carbons (Fsp3) is 0.474. The third-order valence-electron chi connectivity index (χ3n) is 4.13. The zero-order chi connectivity index (χ0) is 21.8. The lowest BCUT2D eigenvalue weighted by Gasteiger charge is -2.19. The van der Waals surface area contributed by atoms with Gasteiger partial charge >= 0.3 is 12.1 Å². The van der Waals surface area contributed by atoms with E-state index in [2.05, 4.69) is 10.4 Å². The molecule has 0 amide bonds. The number of alkyl halides is 3. The number of halogens is 4. The van der Waals surface area contributed by atoms with Crippen LogP contribution in [0.4, 0.5) is 18.9 Å². The highest BCUT2D eigenvalue weighted by atomic mass is 35.5. The van der Waals surface area contributed by atoms with Crippen LogP contribution in [0, 0.1) is 0 Å². The Bertz CT molecular complexity index is 868. The summed E-state index contributed by atoms with van der Waals surface area (Å²) in [6.07, 6.45) is -3.66. The quantitative estimate of drug-likeness (QED) is 0.582. The number of rotatable bonds is 8. The molecule has 0 aliphatic heterocycles. The number of hydrogen-bond acceptors (Lipinski definition) is 5. The molecule has 0 saturated carbocycles.